The molecule has 0 rings (SSSR count). The summed E-state index contributed by atoms with van der Waals surface area (Å²) < 4.78 is 0. The molecule has 0 aromatic carbocycles. The molecule has 0 fully saturated rings. The van der Waals surface area contributed by atoms with Crippen molar-refractivity contribution in [2.24, 2.45) is 11.3 Å². The molecule has 5 heteroatoms. The molecular weight excluding hydrogens is 258 g/mol. The van der Waals surface area contributed by atoms with Crippen LogP contribution in [0.4, 0.5) is 0 Å². The fourth-order valence-electron chi connectivity index (χ4n) is 1.39. The average molecular weight is 291 g/mol. The van der Waals surface area contributed by atoms with Crippen LogP contribution in [-0.4, -0.2) is 59.0 Å². The van der Waals surface area contributed by atoms with Crippen molar-refractivity contribution in [3.63, 3.8) is 0 Å². The molecule has 5 nitrogen and oxygen atoms in total. The summed E-state index contributed by atoms with van der Waals surface area (Å²) in [6.07, 6.45) is 2.11. The summed E-state index contributed by atoms with van der Waals surface area (Å²) in [5, 5.41) is 25.4. The lowest BCUT2D eigenvalue weighted by Crippen LogP contribution is -2.35. The second-order valence-corrected chi connectivity index (χ2v) is 5.76. The van der Waals surface area contributed by atoms with E-state index in [0.717, 1.165) is 25.9 Å². The number of aliphatic hydroxyl groups excluding tert-OH is 3. The van der Waals surface area contributed by atoms with E-state index in [1.54, 1.807) is 6.92 Å². The predicted octanol–water partition coefficient (Wildman–Crippen LogP) is 1.26. The van der Waals surface area contributed by atoms with E-state index in [0.29, 0.717) is 5.91 Å². The lowest BCUT2D eigenvalue weighted by atomic mass is 9.95. The Labute approximate surface area is 123 Å². The highest BCUT2D eigenvalue weighted by Crippen LogP contribution is 2.11. The third-order valence-electron chi connectivity index (χ3n) is 2.94. The van der Waals surface area contributed by atoms with Gasteiger partial charge in [0.1, 0.15) is 0 Å². The van der Waals surface area contributed by atoms with Crippen LogP contribution in [0, 0.1) is 11.3 Å². The van der Waals surface area contributed by atoms with Crippen LogP contribution in [0.25, 0.3) is 0 Å². The maximum absolute atomic E-state index is 11.5. The van der Waals surface area contributed by atoms with Gasteiger partial charge in [-0.1, -0.05) is 34.6 Å². The van der Waals surface area contributed by atoms with Crippen LogP contribution in [0.3, 0.4) is 0 Å². The Morgan fingerprint density at radius 1 is 1.00 bits per heavy atom. The van der Waals surface area contributed by atoms with Crippen molar-refractivity contribution in [2.75, 3.05) is 32.9 Å². The van der Waals surface area contributed by atoms with E-state index >= 15 is 0 Å². The number of amides is 1. The summed E-state index contributed by atoms with van der Waals surface area (Å²) in [4.78, 5) is 13.5. The second kappa shape index (κ2) is 12.1. The Kier molecular flexibility index (Phi) is 13.1. The van der Waals surface area contributed by atoms with Gasteiger partial charge in [0, 0.05) is 24.4 Å². The molecule has 20 heavy (non-hydrogen) atoms. The zero-order valence-corrected chi connectivity index (χ0v) is 13.7. The summed E-state index contributed by atoms with van der Waals surface area (Å²) in [6.45, 7) is 11.0. The highest BCUT2D eigenvalue weighted by Gasteiger charge is 2.20. The van der Waals surface area contributed by atoms with E-state index in [2.05, 4.69) is 13.8 Å². The first-order valence-electron chi connectivity index (χ1n) is 7.43. The van der Waals surface area contributed by atoms with Gasteiger partial charge in [-0.25, -0.2) is 0 Å². The Hall–Kier alpha value is -0.650. The van der Waals surface area contributed by atoms with Crippen molar-refractivity contribution >= 4 is 5.91 Å². The molecule has 0 radical (unpaired) electrons. The fraction of sp³-hybridized carbons (Fsp3) is 0.933. The molecule has 0 aliphatic carbocycles. The zero-order chi connectivity index (χ0) is 16.2. The highest BCUT2D eigenvalue weighted by molar-refractivity contribution is 5.78. The number of nitrogens with zero attached hydrogens (tertiary/aromatic N) is 1. The van der Waals surface area contributed by atoms with Crippen molar-refractivity contribution in [1.29, 1.82) is 0 Å². The van der Waals surface area contributed by atoms with Crippen molar-refractivity contribution in [1.82, 2.24) is 4.90 Å². The molecule has 0 aromatic rings. The summed E-state index contributed by atoms with van der Waals surface area (Å²) in [5.74, 6) is 0.432. The fourth-order valence-corrected chi connectivity index (χ4v) is 1.39. The normalized spacial score (nSPS) is 11.1. The van der Waals surface area contributed by atoms with Crippen molar-refractivity contribution < 1.29 is 20.1 Å². The second-order valence-electron chi connectivity index (χ2n) is 5.76. The number of hydrogen-bond donors (Lipinski definition) is 3. The number of aliphatic hydroxyl groups is 3. The largest absolute Gasteiger partial charge is 0.396 e. The maximum atomic E-state index is 11.5. The van der Waals surface area contributed by atoms with Crippen molar-refractivity contribution in [3.05, 3.63) is 0 Å². The standard InChI is InChI=1S/C10H21NO.C5H12O3/c1-5-7-11(8-6-2)10(12)9(3)4;1-5(2-6,3-7)4-8/h9H,5-8H2,1-4H3;6-8H,2-4H2,1H3. The van der Waals surface area contributed by atoms with Crippen molar-refractivity contribution in [2.45, 2.75) is 47.5 Å². The molecule has 1 amide bonds. The first-order chi connectivity index (χ1) is 9.31. The van der Waals surface area contributed by atoms with E-state index in [1.165, 1.54) is 0 Å². The van der Waals surface area contributed by atoms with Crippen LogP contribution in [0.15, 0.2) is 0 Å². The molecule has 0 heterocycles. The Morgan fingerprint density at radius 3 is 1.50 bits per heavy atom. The van der Waals surface area contributed by atoms with Crippen LogP contribution in [0.5, 0.6) is 0 Å². The van der Waals surface area contributed by atoms with Gasteiger partial charge in [0.05, 0.1) is 19.8 Å². The molecule has 3 N–H and O–H groups in total. The summed E-state index contributed by atoms with van der Waals surface area (Å²) in [5.41, 5.74) is -0.708. The van der Waals surface area contributed by atoms with Gasteiger partial charge in [-0.3, -0.25) is 4.79 Å². The molecule has 122 valence electrons. The third-order valence-corrected chi connectivity index (χ3v) is 2.94. The molecule has 0 aliphatic rings. The molecule has 0 aromatic heterocycles. The lowest BCUT2D eigenvalue weighted by Gasteiger charge is -2.23. The zero-order valence-electron chi connectivity index (χ0n) is 13.7. The van der Waals surface area contributed by atoms with Gasteiger partial charge in [-0.2, -0.15) is 0 Å². The smallest absolute Gasteiger partial charge is 0.225 e. The van der Waals surface area contributed by atoms with Gasteiger partial charge in [0.25, 0.3) is 0 Å². The monoisotopic (exact) mass is 291 g/mol. The lowest BCUT2D eigenvalue weighted by molar-refractivity contribution is -0.134. The van der Waals surface area contributed by atoms with Gasteiger partial charge < -0.3 is 20.2 Å². The van der Waals surface area contributed by atoms with Crippen molar-refractivity contribution in [3.8, 4) is 0 Å². The number of carbonyl (C=O) groups is 1. The van der Waals surface area contributed by atoms with E-state index in [1.807, 2.05) is 18.7 Å². The van der Waals surface area contributed by atoms with Gasteiger partial charge in [-0.05, 0) is 12.8 Å². The van der Waals surface area contributed by atoms with E-state index < -0.39 is 5.41 Å². The maximum Gasteiger partial charge on any atom is 0.225 e. The molecule has 0 atom stereocenters. The quantitative estimate of drug-likeness (QED) is 0.629. The molecular formula is C15H33NO4. The minimum atomic E-state index is -0.708. The van der Waals surface area contributed by atoms with Crippen LogP contribution >= 0.6 is 0 Å². The number of hydrogen-bond acceptors (Lipinski definition) is 4. The van der Waals surface area contributed by atoms with Gasteiger partial charge in [0.15, 0.2) is 0 Å². The first-order valence-corrected chi connectivity index (χ1v) is 7.43. The third kappa shape index (κ3) is 9.28. The van der Waals surface area contributed by atoms with Gasteiger partial charge in [0.2, 0.25) is 5.91 Å². The van der Waals surface area contributed by atoms with E-state index in [-0.39, 0.29) is 25.7 Å². The molecule has 0 unspecified atom stereocenters. The Balaban J connectivity index is 0. The van der Waals surface area contributed by atoms with Gasteiger partial charge >= 0.3 is 0 Å². The summed E-state index contributed by atoms with van der Waals surface area (Å²) in [6, 6.07) is 0. The van der Waals surface area contributed by atoms with Crippen LogP contribution < -0.4 is 0 Å². The van der Waals surface area contributed by atoms with Crippen LogP contribution in [-0.2, 0) is 4.79 Å². The SMILES string of the molecule is CC(CO)(CO)CO.CCCN(CCC)C(=O)C(C)C. The Morgan fingerprint density at radius 2 is 1.35 bits per heavy atom. The minimum Gasteiger partial charge on any atom is -0.396 e. The van der Waals surface area contributed by atoms with Gasteiger partial charge in [-0.15, -0.1) is 0 Å². The van der Waals surface area contributed by atoms with Crippen LogP contribution in [0.1, 0.15) is 47.5 Å². The summed E-state index contributed by atoms with van der Waals surface area (Å²) >= 11 is 0. The van der Waals surface area contributed by atoms with E-state index in [4.69, 9.17) is 15.3 Å². The average Bonchev–Trinajstić information content (AvgIpc) is 2.46. The first kappa shape index (κ1) is 21.6. The number of rotatable bonds is 8. The molecule has 0 bridgehead atoms. The molecule has 0 saturated heterocycles. The number of carbonyl (C=O) groups excluding carboxylic acids is 1. The Bertz CT molecular complexity index is 226. The molecule has 0 saturated carbocycles. The summed E-state index contributed by atoms with van der Waals surface area (Å²) in [7, 11) is 0. The predicted molar refractivity (Wildman–Crippen MR) is 81.4 cm³/mol. The van der Waals surface area contributed by atoms with Crippen LogP contribution in [0.2, 0.25) is 0 Å². The molecule has 0 spiro atoms. The molecule has 0 aliphatic heterocycles. The topological polar surface area (TPSA) is 81.0 Å². The minimum absolute atomic E-state index is 0.142. The highest BCUT2D eigenvalue weighted by atomic mass is 16.3. The van der Waals surface area contributed by atoms with E-state index in [9.17, 15) is 4.79 Å².